The lowest BCUT2D eigenvalue weighted by Gasteiger charge is -2.34. The quantitative estimate of drug-likeness (QED) is 0.762. The number of likely N-dealkylation sites (N-methyl/N-ethyl adjacent to an activating group) is 1. The largest absolute Gasteiger partial charge is 0.379 e. The third-order valence-corrected chi connectivity index (χ3v) is 4.68. The van der Waals surface area contributed by atoms with Crippen molar-refractivity contribution in [3.8, 4) is 0 Å². The van der Waals surface area contributed by atoms with Gasteiger partial charge < -0.3 is 15.4 Å². The molecule has 0 radical (unpaired) electrons. The highest BCUT2D eigenvalue weighted by molar-refractivity contribution is 4.85. The number of hydrogen-bond acceptors (Lipinski definition) is 3. The van der Waals surface area contributed by atoms with Crippen molar-refractivity contribution in [3.63, 3.8) is 0 Å². The van der Waals surface area contributed by atoms with Crippen molar-refractivity contribution in [1.29, 1.82) is 0 Å². The molecule has 2 unspecified atom stereocenters. The predicted molar refractivity (Wildman–Crippen MR) is 75.8 cm³/mol. The number of nitrogens with one attached hydrogen (secondary N) is 2. The molecule has 1 saturated heterocycles. The monoisotopic (exact) mass is 254 g/mol. The van der Waals surface area contributed by atoms with Gasteiger partial charge in [0.25, 0.3) is 0 Å². The molecule has 0 amide bonds. The predicted octanol–water partition coefficient (Wildman–Crippen LogP) is 2.17. The van der Waals surface area contributed by atoms with Crippen LogP contribution in [0, 0.1) is 11.3 Å². The summed E-state index contributed by atoms with van der Waals surface area (Å²) in [6, 6.07) is 0.557. The number of rotatable bonds is 6. The van der Waals surface area contributed by atoms with Crippen LogP contribution in [0.5, 0.6) is 0 Å². The van der Waals surface area contributed by atoms with Crippen molar-refractivity contribution in [3.05, 3.63) is 0 Å². The van der Waals surface area contributed by atoms with Crippen LogP contribution in [-0.2, 0) is 4.74 Å². The SMILES string of the molecule is CCNC1COCC1CNCC1(C)CCCCC1. The highest BCUT2D eigenvalue weighted by Gasteiger charge is 2.29. The summed E-state index contributed by atoms with van der Waals surface area (Å²) in [7, 11) is 0. The van der Waals surface area contributed by atoms with Crippen molar-refractivity contribution >= 4 is 0 Å². The Labute approximate surface area is 112 Å². The van der Waals surface area contributed by atoms with E-state index in [0.717, 1.165) is 26.3 Å². The van der Waals surface area contributed by atoms with Gasteiger partial charge >= 0.3 is 0 Å². The Morgan fingerprint density at radius 1 is 1.17 bits per heavy atom. The van der Waals surface area contributed by atoms with Crippen LogP contribution < -0.4 is 10.6 Å². The minimum absolute atomic E-state index is 0.547. The highest BCUT2D eigenvalue weighted by Crippen LogP contribution is 2.34. The lowest BCUT2D eigenvalue weighted by atomic mass is 9.75. The Hall–Kier alpha value is -0.120. The molecule has 0 bridgehead atoms. The molecule has 2 N–H and O–H groups in total. The van der Waals surface area contributed by atoms with Gasteiger partial charge in [0.05, 0.1) is 13.2 Å². The molecular weight excluding hydrogens is 224 g/mol. The summed E-state index contributed by atoms with van der Waals surface area (Å²) < 4.78 is 5.59. The van der Waals surface area contributed by atoms with E-state index in [1.165, 1.54) is 38.6 Å². The lowest BCUT2D eigenvalue weighted by molar-refractivity contribution is 0.178. The minimum atomic E-state index is 0.547. The second-order valence-electron chi connectivity index (χ2n) is 6.46. The van der Waals surface area contributed by atoms with E-state index in [0.29, 0.717) is 17.4 Å². The molecule has 1 aliphatic carbocycles. The van der Waals surface area contributed by atoms with Crippen LogP contribution in [0.1, 0.15) is 46.0 Å². The van der Waals surface area contributed by atoms with Gasteiger partial charge in [0.15, 0.2) is 0 Å². The van der Waals surface area contributed by atoms with Crippen LogP contribution in [0.3, 0.4) is 0 Å². The summed E-state index contributed by atoms with van der Waals surface area (Å²) in [5, 5.41) is 7.23. The Morgan fingerprint density at radius 2 is 1.94 bits per heavy atom. The lowest BCUT2D eigenvalue weighted by Crippen LogP contribution is -2.42. The van der Waals surface area contributed by atoms with Crippen LogP contribution >= 0.6 is 0 Å². The van der Waals surface area contributed by atoms with Crippen LogP contribution in [0.2, 0.25) is 0 Å². The summed E-state index contributed by atoms with van der Waals surface area (Å²) in [6.07, 6.45) is 7.08. The Kier molecular flexibility index (Phi) is 5.46. The Morgan fingerprint density at radius 3 is 2.67 bits per heavy atom. The summed E-state index contributed by atoms with van der Waals surface area (Å²) >= 11 is 0. The molecule has 3 heteroatoms. The van der Waals surface area contributed by atoms with Crippen molar-refractivity contribution in [1.82, 2.24) is 10.6 Å². The Bertz CT molecular complexity index is 239. The first-order valence-electron chi connectivity index (χ1n) is 7.75. The van der Waals surface area contributed by atoms with E-state index in [9.17, 15) is 0 Å². The van der Waals surface area contributed by atoms with Gasteiger partial charge in [-0.1, -0.05) is 33.1 Å². The molecule has 0 aromatic carbocycles. The van der Waals surface area contributed by atoms with Gasteiger partial charge in [0.1, 0.15) is 0 Å². The van der Waals surface area contributed by atoms with Crippen LogP contribution in [0.15, 0.2) is 0 Å². The van der Waals surface area contributed by atoms with Gasteiger partial charge in [-0.25, -0.2) is 0 Å². The van der Waals surface area contributed by atoms with Crippen molar-refractivity contribution in [2.45, 2.75) is 52.0 Å². The molecule has 0 aromatic heterocycles. The Balaban J connectivity index is 1.67. The maximum absolute atomic E-state index is 5.59. The van der Waals surface area contributed by atoms with Gasteiger partial charge in [-0.2, -0.15) is 0 Å². The molecular formula is C15H30N2O. The van der Waals surface area contributed by atoms with E-state index in [1.807, 2.05) is 0 Å². The summed E-state index contributed by atoms with van der Waals surface area (Å²) in [5.74, 6) is 0.650. The van der Waals surface area contributed by atoms with E-state index < -0.39 is 0 Å². The third-order valence-electron chi connectivity index (χ3n) is 4.68. The first kappa shape index (κ1) is 14.3. The first-order valence-corrected chi connectivity index (χ1v) is 7.75. The summed E-state index contributed by atoms with van der Waals surface area (Å²) in [4.78, 5) is 0. The molecule has 1 saturated carbocycles. The zero-order valence-corrected chi connectivity index (χ0v) is 12.1. The van der Waals surface area contributed by atoms with E-state index in [1.54, 1.807) is 0 Å². The van der Waals surface area contributed by atoms with E-state index in [4.69, 9.17) is 4.74 Å². The zero-order valence-electron chi connectivity index (χ0n) is 12.1. The zero-order chi connectivity index (χ0) is 12.8. The second-order valence-corrected chi connectivity index (χ2v) is 6.46. The summed E-state index contributed by atoms with van der Waals surface area (Å²) in [5.41, 5.74) is 0.547. The molecule has 1 heterocycles. The minimum Gasteiger partial charge on any atom is -0.379 e. The summed E-state index contributed by atoms with van der Waals surface area (Å²) in [6.45, 7) is 9.76. The highest BCUT2D eigenvalue weighted by atomic mass is 16.5. The number of ether oxygens (including phenoxy) is 1. The van der Waals surface area contributed by atoms with Crippen LogP contribution in [-0.4, -0.2) is 38.9 Å². The van der Waals surface area contributed by atoms with E-state index in [2.05, 4.69) is 24.5 Å². The first-order chi connectivity index (χ1) is 8.73. The van der Waals surface area contributed by atoms with Crippen molar-refractivity contribution in [2.75, 3.05) is 32.8 Å². The molecule has 2 rings (SSSR count). The molecule has 2 aliphatic rings. The third kappa shape index (κ3) is 3.94. The molecule has 2 fully saturated rings. The molecule has 0 spiro atoms. The number of hydrogen-bond donors (Lipinski definition) is 2. The maximum Gasteiger partial charge on any atom is 0.0623 e. The topological polar surface area (TPSA) is 33.3 Å². The smallest absolute Gasteiger partial charge is 0.0623 e. The van der Waals surface area contributed by atoms with Gasteiger partial charge in [0, 0.05) is 25.0 Å². The fourth-order valence-corrected chi connectivity index (χ4v) is 3.43. The van der Waals surface area contributed by atoms with Crippen LogP contribution in [0.25, 0.3) is 0 Å². The van der Waals surface area contributed by atoms with Gasteiger partial charge in [0.2, 0.25) is 0 Å². The second kappa shape index (κ2) is 6.88. The van der Waals surface area contributed by atoms with Gasteiger partial charge in [-0.15, -0.1) is 0 Å². The maximum atomic E-state index is 5.59. The van der Waals surface area contributed by atoms with Crippen molar-refractivity contribution < 1.29 is 4.74 Å². The fraction of sp³-hybridized carbons (Fsp3) is 1.00. The standard InChI is InChI=1S/C15H30N2O/c1-3-17-14-11-18-10-13(14)9-16-12-15(2)7-5-4-6-8-15/h13-14,16-17H,3-12H2,1-2H3. The molecule has 0 aromatic rings. The van der Waals surface area contributed by atoms with Crippen LogP contribution in [0.4, 0.5) is 0 Å². The average Bonchev–Trinajstić information content (AvgIpc) is 2.78. The molecule has 18 heavy (non-hydrogen) atoms. The van der Waals surface area contributed by atoms with Crippen molar-refractivity contribution in [2.24, 2.45) is 11.3 Å². The normalized spacial score (nSPS) is 31.7. The average molecular weight is 254 g/mol. The van der Waals surface area contributed by atoms with Gasteiger partial charge in [-0.05, 0) is 24.8 Å². The molecule has 106 valence electrons. The van der Waals surface area contributed by atoms with Gasteiger partial charge in [-0.3, -0.25) is 0 Å². The van der Waals surface area contributed by atoms with E-state index >= 15 is 0 Å². The molecule has 3 nitrogen and oxygen atoms in total. The van der Waals surface area contributed by atoms with E-state index in [-0.39, 0.29) is 0 Å². The fourth-order valence-electron chi connectivity index (χ4n) is 3.43. The molecule has 1 aliphatic heterocycles. The molecule has 2 atom stereocenters.